The minimum atomic E-state index is -2.42. The molecule has 5 N–H and O–H groups in total. The Bertz CT molecular complexity index is 1140. The van der Waals surface area contributed by atoms with E-state index in [9.17, 15) is 34.8 Å². The number of phenols is 1. The lowest BCUT2D eigenvalue weighted by molar-refractivity contribution is -0.187. The molecule has 10 heteroatoms. The standard InChI is InChI=1S/C26H28O10/c1-15(14-27)7-8-17-11-18(9-10-19(17)28)24(31)36-21-13-26(34,25(32)33)12-20(22(21)29)35-23(30)16-5-3-2-4-6-16/h2-7,9-11,20-22,27-29,34H,8,12-14H2,1H3,(H,32,33)/t20-,21+,22+,26-/m1/s1. The van der Waals surface area contributed by atoms with E-state index in [-0.39, 0.29) is 29.9 Å². The lowest BCUT2D eigenvalue weighted by Crippen LogP contribution is -2.58. The van der Waals surface area contributed by atoms with Crippen LogP contribution in [0.2, 0.25) is 0 Å². The molecular weight excluding hydrogens is 472 g/mol. The average molecular weight is 501 g/mol. The molecular formula is C26H28O10. The summed E-state index contributed by atoms with van der Waals surface area (Å²) in [6.07, 6.45) is -3.90. The highest BCUT2D eigenvalue weighted by atomic mass is 16.6. The number of hydrogen-bond donors (Lipinski definition) is 5. The van der Waals surface area contributed by atoms with E-state index < -0.39 is 54.7 Å². The minimum absolute atomic E-state index is 0.00678. The largest absolute Gasteiger partial charge is 0.508 e. The number of carboxylic acids is 1. The van der Waals surface area contributed by atoms with Crippen molar-refractivity contribution in [1.82, 2.24) is 0 Å². The van der Waals surface area contributed by atoms with Gasteiger partial charge in [0.05, 0.1) is 17.7 Å². The lowest BCUT2D eigenvalue weighted by Gasteiger charge is -2.40. The predicted molar refractivity (Wildman–Crippen MR) is 125 cm³/mol. The van der Waals surface area contributed by atoms with Crippen molar-refractivity contribution in [2.75, 3.05) is 6.61 Å². The molecule has 192 valence electrons. The van der Waals surface area contributed by atoms with E-state index in [0.29, 0.717) is 11.1 Å². The summed E-state index contributed by atoms with van der Waals surface area (Å²) >= 11 is 0. The minimum Gasteiger partial charge on any atom is -0.508 e. The molecule has 1 aliphatic carbocycles. The van der Waals surface area contributed by atoms with Crippen molar-refractivity contribution in [1.29, 1.82) is 0 Å². The van der Waals surface area contributed by atoms with Crippen molar-refractivity contribution in [2.24, 2.45) is 0 Å². The average Bonchev–Trinajstić information content (AvgIpc) is 2.86. The first-order valence-electron chi connectivity index (χ1n) is 11.2. The highest BCUT2D eigenvalue weighted by molar-refractivity contribution is 5.90. The van der Waals surface area contributed by atoms with Gasteiger partial charge in [0, 0.05) is 12.8 Å². The molecule has 36 heavy (non-hydrogen) atoms. The molecule has 10 nitrogen and oxygen atoms in total. The number of aliphatic carboxylic acids is 1. The Balaban J connectivity index is 1.80. The fourth-order valence-corrected chi connectivity index (χ4v) is 3.84. The van der Waals surface area contributed by atoms with E-state index in [1.54, 1.807) is 31.2 Å². The highest BCUT2D eigenvalue weighted by Crippen LogP contribution is 2.34. The summed E-state index contributed by atoms with van der Waals surface area (Å²) < 4.78 is 10.6. The fourth-order valence-electron chi connectivity index (χ4n) is 3.84. The van der Waals surface area contributed by atoms with Crippen LogP contribution in [0.15, 0.2) is 60.2 Å². The molecule has 0 amide bonds. The van der Waals surface area contributed by atoms with E-state index in [4.69, 9.17) is 14.6 Å². The van der Waals surface area contributed by atoms with Crippen molar-refractivity contribution >= 4 is 17.9 Å². The summed E-state index contributed by atoms with van der Waals surface area (Å²) in [6, 6.07) is 11.8. The normalized spacial score (nSPS) is 24.1. The molecule has 1 aliphatic rings. The first-order chi connectivity index (χ1) is 17.0. The van der Waals surface area contributed by atoms with E-state index in [2.05, 4.69) is 0 Å². The Labute approximate surface area is 207 Å². The summed E-state index contributed by atoms with van der Waals surface area (Å²) in [4.78, 5) is 37.1. The number of esters is 2. The van der Waals surface area contributed by atoms with Gasteiger partial charge in [0.2, 0.25) is 0 Å². The molecule has 0 radical (unpaired) electrons. The monoisotopic (exact) mass is 500 g/mol. The van der Waals surface area contributed by atoms with Crippen LogP contribution in [0, 0.1) is 0 Å². The van der Waals surface area contributed by atoms with Gasteiger partial charge in [-0.25, -0.2) is 14.4 Å². The van der Waals surface area contributed by atoms with Gasteiger partial charge in [0.1, 0.15) is 24.1 Å². The first kappa shape index (κ1) is 26.9. The molecule has 1 saturated carbocycles. The Hall–Kier alpha value is -3.73. The van der Waals surface area contributed by atoms with Crippen LogP contribution in [0.25, 0.3) is 0 Å². The molecule has 4 atom stereocenters. The fraction of sp³-hybridized carbons (Fsp3) is 0.346. The van der Waals surface area contributed by atoms with Crippen LogP contribution >= 0.6 is 0 Å². The molecule has 2 aromatic rings. The van der Waals surface area contributed by atoms with Crippen LogP contribution < -0.4 is 0 Å². The van der Waals surface area contributed by atoms with Crippen LogP contribution in [-0.2, 0) is 20.7 Å². The van der Waals surface area contributed by atoms with E-state index in [1.807, 2.05) is 0 Å². The van der Waals surface area contributed by atoms with Crippen molar-refractivity contribution in [3.63, 3.8) is 0 Å². The topological polar surface area (TPSA) is 171 Å². The van der Waals surface area contributed by atoms with E-state index >= 15 is 0 Å². The summed E-state index contributed by atoms with van der Waals surface area (Å²) in [5, 5.41) is 50.2. The molecule has 0 spiro atoms. The molecule has 0 unspecified atom stereocenters. The van der Waals surface area contributed by atoms with Crippen molar-refractivity contribution in [3.05, 3.63) is 76.9 Å². The van der Waals surface area contributed by atoms with Crippen LogP contribution in [0.4, 0.5) is 0 Å². The van der Waals surface area contributed by atoms with E-state index in [0.717, 1.165) is 0 Å². The van der Waals surface area contributed by atoms with Crippen LogP contribution in [-0.4, -0.2) is 74.0 Å². The number of carbonyl (C=O) groups excluding carboxylic acids is 2. The molecule has 0 aromatic heterocycles. The van der Waals surface area contributed by atoms with Crippen molar-refractivity contribution in [2.45, 2.75) is 50.1 Å². The molecule has 0 aliphatic heterocycles. The number of carbonyl (C=O) groups is 3. The smallest absolute Gasteiger partial charge is 0.338 e. The second-order valence-corrected chi connectivity index (χ2v) is 8.75. The maximum Gasteiger partial charge on any atom is 0.338 e. The Morgan fingerprint density at radius 3 is 2.14 bits per heavy atom. The zero-order valence-corrected chi connectivity index (χ0v) is 19.5. The number of rotatable bonds is 8. The van der Waals surface area contributed by atoms with Gasteiger partial charge < -0.3 is 35.0 Å². The van der Waals surface area contributed by atoms with Crippen LogP contribution in [0.3, 0.4) is 0 Å². The number of phenolic OH excluding ortho intramolecular Hbond substituents is 1. The van der Waals surface area contributed by atoms with Crippen molar-refractivity contribution < 1.29 is 49.4 Å². The molecule has 0 heterocycles. The lowest BCUT2D eigenvalue weighted by atomic mass is 9.79. The Morgan fingerprint density at radius 2 is 1.58 bits per heavy atom. The number of aliphatic hydroxyl groups is 3. The maximum atomic E-state index is 12.8. The third-order valence-corrected chi connectivity index (χ3v) is 6.00. The zero-order chi connectivity index (χ0) is 26.5. The number of aromatic hydroxyl groups is 1. The van der Waals surface area contributed by atoms with Gasteiger partial charge in [-0.2, -0.15) is 0 Å². The Kier molecular flexibility index (Phi) is 8.46. The highest BCUT2D eigenvalue weighted by Gasteiger charge is 2.52. The molecule has 0 bridgehead atoms. The summed E-state index contributed by atoms with van der Waals surface area (Å²) in [6.45, 7) is 1.54. The SMILES string of the molecule is CC(=CCc1cc(C(=O)O[C@H]2C[C@@](O)(C(=O)O)C[C@@H](OC(=O)c3ccccc3)[C@@H]2O)ccc1O)CO. The number of hydrogen-bond acceptors (Lipinski definition) is 9. The summed E-state index contributed by atoms with van der Waals surface area (Å²) in [5.74, 6) is -3.48. The van der Waals surface area contributed by atoms with Gasteiger partial charge in [0.15, 0.2) is 5.60 Å². The van der Waals surface area contributed by atoms with Crippen LogP contribution in [0.1, 0.15) is 46.0 Å². The number of allylic oxidation sites excluding steroid dienone is 1. The molecule has 0 saturated heterocycles. The number of benzene rings is 2. The number of ether oxygens (including phenoxy) is 2. The third kappa shape index (κ3) is 6.28. The Morgan fingerprint density at radius 1 is 1.00 bits per heavy atom. The van der Waals surface area contributed by atoms with E-state index in [1.165, 1.54) is 30.3 Å². The number of carboxylic acid groups (broad SMARTS) is 1. The van der Waals surface area contributed by atoms with Crippen molar-refractivity contribution in [3.8, 4) is 5.75 Å². The van der Waals surface area contributed by atoms with Gasteiger partial charge in [-0.1, -0.05) is 29.8 Å². The van der Waals surface area contributed by atoms with Gasteiger partial charge >= 0.3 is 17.9 Å². The summed E-state index contributed by atoms with van der Waals surface area (Å²) in [5.41, 5.74) is -1.22. The maximum absolute atomic E-state index is 12.8. The number of aliphatic hydroxyl groups excluding tert-OH is 2. The van der Waals surface area contributed by atoms with Gasteiger partial charge in [-0.15, -0.1) is 0 Å². The second-order valence-electron chi connectivity index (χ2n) is 8.75. The molecule has 3 rings (SSSR count). The predicted octanol–water partition coefficient (Wildman–Crippen LogP) is 1.59. The van der Waals surface area contributed by atoms with Gasteiger partial charge in [0.25, 0.3) is 0 Å². The van der Waals surface area contributed by atoms with Gasteiger partial charge in [-0.3, -0.25) is 0 Å². The second kappa shape index (κ2) is 11.3. The zero-order valence-electron chi connectivity index (χ0n) is 19.5. The molecule has 2 aromatic carbocycles. The summed E-state index contributed by atoms with van der Waals surface area (Å²) in [7, 11) is 0. The first-order valence-corrected chi connectivity index (χ1v) is 11.2. The quantitative estimate of drug-likeness (QED) is 0.265. The molecule has 1 fully saturated rings. The third-order valence-electron chi connectivity index (χ3n) is 6.00. The van der Waals surface area contributed by atoms with Gasteiger partial charge in [-0.05, 0) is 49.2 Å². The van der Waals surface area contributed by atoms with Crippen LogP contribution in [0.5, 0.6) is 5.75 Å².